The molecular formula is C13H13BrClN3O2S. The van der Waals surface area contributed by atoms with E-state index in [2.05, 4.69) is 33.1 Å². The standard InChI is InChI=1S/C13H13BrClN3O2S/c1-2-3-11-16-17-13(21-7-12(19)20)18(11)10-5-4-8(15)6-9(10)14/h4-6H,2-3,7H2,1H3,(H,19,20). The molecule has 2 aromatic rings. The van der Waals surface area contributed by atoms with Crippen LogP contribution in [0.2, 0.25) is 5.02 Å². The van der Waals surface area contributed by atoms with Crippen LogP contribution in [0.25, 0.3) is 5.69 Å². The van der Waals surface area contributed by atoms with E-state index in [1.54, 1.807) is 12.1 Å². The van der Waals surface area contributed by atoms with Gasteiger partial charge in [0.15, 0.2) is 5.16 Å². The average molecular weight is 391 g/mol. The first kappa shape index (κ1) is 16.3. The lowest BCUT2D eigenvalue weighted by atomic mass is 10.3. The number of thioether (sulfide) groups is 1. The van der Waals surface area contributed by atoms with E-state index in [1.165, 1.54) is 0 Å². The number of nitrogens with zero attached hydrogens (tertiary/aromatic N) is 3. The molecule has 0 unspecified atom stereocenters. The van der Waals surface area contributed by atoms with Gasteiger partial charge >= 0.3 is 5.97 Å². The van der Waals surface area contributed by atoms with E-state index < -0.39 is 5.97 Å². The van der Waals surface area contributed by atoms with E-state index >= 15 is 0 Å². The number of aromatic nitrogens is 3. The Kier molecular flexibility index (Phi) is 5.66. The van der Waals surface area contributed by atoms with E-state index in [9.17, 15) is 4.79 Å². The van der Waals surface area contributed by atoms with Crippen LogP contribution in [-0.4, -0.2) is 31.6 Å². The van der Waals surface area contributed by atoms with Crippen LogP contribution in [0.3, 0.4) is 0 Å². The fraction of sp³-hybridized carbons (Fsp3) is 0.308. The van der Waals surface area contributed by atoms with Gasteiger partial charge in [0.2, 0.25) is 0 Å². The van der Waals surface area contributed by atoms with E-state index in [-0.39, 0.29) is 5.75 Å². The molecule has 112 valence electrons. The van der Waals surface area contributed by atoms with Crippen LogP contribution in [-0.2, 0) is 11.2 Å². The number of rotatable bonds is 6. The van der Waals surface area contributed by atoms with Crippen molar-refractivity contribution < 1.29 is 9.90 Å². The number of hydrogen-bond donors (Lipinski definition) is 1. The predicted molar refractivity (Wildman–Crippen MR) is 86.4 cm³/mol. The quantitative estimate of drug-likeness (QED) is 0.760. The summed E-state index contributed by atoms with van der Waals surface area (Å²) < 4.78 is 2.68. The molecule has 1 aromatic heterocycles. The molecule has 0 aliphatic carbocycles. The van der Waals surface area contributed by atoms with Gasteiger partial charge in [0.1, 0.15) is 5.82 Å². The van der Waals surface area contributed by atoms with Crippen LogP contribution in [0.1, 0.15) is 19.2 Å². The molecule has 0 saturated carbocycles. The monoisotopic (exact) mass is 389 g/mol. The minimum atomic E-state index is -0.887. The Hall–Kier alpha value is -1.05. The molecule has 5 nitrogen and oxygen atoms in total. The molecule has 1 heterocycles. The highest BCUT2D eigenvalue weighted by Gasteiger charge is 2.17. The molecular weight excluding hydrogens is 378 g/mol. The largest absolute Gasteiger partial charge is 0.481 e. The lowest BCUT2D eigenvalue weighted by molar-refractivity contribution is -0.133. The van der Waals surface area contributed by atoms with Crippen molar-refractivity contribution >= 4 is 45.3 Å². The van der Waals surface area contributed by atoms with Gasteiger partial charge in [0, 0.05) is 15.9 Å². The van der Waals surface area contributed by atoms with Crippen molar-refractivity contribution in [2.75, 3.05) is 5.75 Å². The van der Waals surface area contributed by atoms with E-state index in [4.69, 9.17) is 16.7 Å². The molecule has 2 rings (SSSR count). The zero-order valence-corrected chi connectivity index (χ0v) is 14.4. The molecule has 0 saturated heterocycles. The topological polar surface area (TPSA) is 68.0 Å². The van der Waals surface area contributed by atoms with Crippen molar-refractivity contribution in [3.63, 3.8) is 0 Å². The molecule has 0 spiro atoms. The molecule has 0 aliphatic rings. The molecule has 0 aliphatic heterocycles. The van der Waals surface area contributed by atoms with E-state index in [0.29, 0.717) is 10.2 Å². The number of benzene rings is 1. The van der Waals surface area contributed by atoms with Gasteiger partial charge in [-0.1, -0.05) is 30.3 Å². The molecule has 0 amide bonds. The molecule has 0 atom stereocenters. The van der Waals surface area contributed by atoms with Crippen LogP contribution in [0, 0.1) is 0 Å². The summed E-state index contributed by atoms with van der Waals surface area (Å²) in [6.45, 7) is 2.06. The summed E-state index contributed by atoms with van der Waals surface area (Å²) in [5, 5.41) is 18.3. The lowest BCUT2D eigenvalue weighted by Gasteiger charge is -2.11. The number of hydrogen-bond acceptors (Lipinski definition) is 4. The van der Waals surface area contributed by atoms with Gasteiger partial charge in [0.25, 0.3) is 0 Å². The average Bonchev–Trinajstić information content (AvgIpc) is 2.80. The molecule has 0 bridgehead atoms. The van der Waals surface area contributed by atoms with Crippen LogP contribution in [0.15, 0.2) is 27.8 Å². The van der Waals surface area contributed by atoms with Gasteiger partial charge in [-0.15, -0.1) is 10.2 Å². The number of halogens is 2. The van der Waals surface area contributed by atoms with Crippen LogP contribution in [0.5, 0.6) is 0 Å². The van der Waals surface area contributed by atoms with Crippen LogP contribution in [0.4, 0.5) is 0 Å². The zero-order chi connectivity index (χ0) is 15.4. The Labute approximate surface area is 139 Å². The molecule has 1 aromatic carbocycles. The van der Waals surface area contributed by atoms with Crippen molar-refractivity contribution in [1.29, 1.82) is 0 Å². The molecule has 0 radical (unpaired) electrons. The third kappa shape index (κ3) is 3.99. The zero-order valence-electron chi connectivity index (χ0n) is 11.2. The summed E-state index contributed by atoms with van der Waals surface area (Å²) in [6.07, 6.45) is 1.68. The van der Waals surface area contributed by atoms with Gasteiger partial charge in [-0.05, 0) is 40.5 Å². The van der Waals surface area contributed by atoms with Crippen molar-refractivity contribution in [1.82, 2.24) is 14.8 Å². The number of carboxylic acid groups (broad SMARTS) is 1. The molecule has 21 heavy (non-hydrogen) atoms. The normalized spacial score (nSPS) is 10.8. The van der Waals surface area contributed by atoms with Gasteiger partial charge in [-0.25, -0.2) is 0 Å². The van der Waals surface area contributed by atoms with Crippen molar-refractivity contribution in [3.05, 3.63) is 33.5 Å². The fourth-order valence-electron chi connectivity index (χ4n) is 1.81. The summed E-state index contributed by atoms with van der Waals surface area (Å²) in [5.74, 6) is -0.148. The number of carbonyl (C=O) groups is 1. The molecule has 8 heteroatoms. The summed E-state index contributed by atoms with van der Waals surface area (Å²) in [7, 11) is 0. The van der Waals surface area contributed by atoms with Crippen LogP contribution < -0.4 is 0 Å². The highest BCUT2D eigenvalue weighted by Crippen LogP contribution is 2.29. The maximum Gasteiger partial charge on any atom is 0.313 e. The van der Waals surface area contributed by atoms with E-state index in [1.807, 2.05) is 10.6 Å². The minimum Gasteiger partial charge on any atom is -0.481 e. The second-order valence-corrected chi connectivity index (χ2v) is 6.50. The highest BCUT2D eigenvalue weighted by molar-refractivity contribution is 9.10. The summed E-state index contributed by atoms with van der Waals surface area (Å²) >= 11 is 10.6. The third-order valence-electron chi connectivity index (χ3n) is 2.65. The first-order valence-electron chi connectivity index (χ1n) is 6.27. The predicted octanol–water partition coefficient (Wildman–Crippen LogP) is 3.81. The molecule has 0 fully saturated rings. The maximum absolute atomic E-state index is 10.8. The second kappa shape index (κ2) is 7.29. The maximum atomic E-state index is 10.8. The Balaban J connectivity index is 2.47. The molecule has 1 N–H and O–H groups in total. The summed E-state index contributed by atoms with van der Waals surface area (Å²) in [5.41, 5.74) is 0.848. The van der Waals surface area contributed by atoms with Gasteiger partial charge in [-0.3, -0.25) is 9.36 Å². The Morgan fingerprint density at radius 2 is 2.24 bits per heavy atom. The smallest absolute Gasteiger partial charge is 0.313 e. The van der Waals surface area contributed by atoms with Gasteiger partial charge in [-0.2, -0.15) is 0 Å². The van der Waals surface area contributed by atoms with Crippen molar-refractivity contribution in [3.8, 4) is 5.69 Å². The number of carboxylic acids is 1. The Morgan fingerprint density at radius 3 is 2.86 bits per heavy atom. The van der Waals surface area contributed by atoms with Gasteiger partial charge in [0.05, 0.1) is 11.4 Å². The third-order valence-corrected chi connectivity index (χ3v) is 4.43. The van der Waals surface area contributed by atoms with Crippen LogP contribution >= 0.6 is 39.3 Å². The minimum absolute atomic E-state index is 0.0601. The Morgan fingerprint density at radius 1 is 1.48 bits per heavy atom. The number of aliphatic carboxylic acids is 1. The first-order valence-corrected chi connectivity index (χ1v) is 8.43. The number of aryl methyl sites for hydroxylation is 1. The summed E-state index contributed by atoms with van der Waals surface area (Å²) in [6, 6.07) is 5.43. The first-order chi connectivity index (χ1) is 10.0. The SMILES string of the molecule is CCCc1nnc(SCC(=O)O)n1-c1ccc(Cl)cc1Br. The van der Waals surface area contributed by atoms with E-state index in [0.717, 1.165) is 40.6 Å². The summed E-state index contributed by atoms with van der Waals surface area (Å²) in [4.78, 5) is 10.8. The van der Waals surface area contributed by atoms with Gasteiger partial charge < -0.3 is 5.11 Å². The highest BCUT2D eigenvalue weighted by atomic mass is 79.9. The fourth-order valence-corrected chi connectivity index (χ4v) is 3.35. The Bertz CT molecular complexity index is 663. The van der Waals surface area contributed by atoms with Crippen molar-refractivity contribution in [2.45, 2.75) is 24.9 Å². The lowest BCUT2D eigenvalue weighted by Crippen LogP contribution is -2.05. The van der Waals surface area contributed by atoms with Crippen molar-refractivity contribution in [2.24, 2.45) is 0 Å². The second-order valence-electron chi connectivity index (χ2n) is 4.26.